The maximum Gasteiger partial charge on any atom is 0.257 e. The van der Waals surface area contributed by atoms with Gasteiger partial charge in [0.2, 0.25) is 0 Å². The number of carbonyl (C=O) groups excluding carboxylic acids is 1. The van der Waals surface area contributed by atoms with Gasteiger partial charge >= 0.3 is 0 Å². The predicted octanol–water partition coefficient (Wildman–Crippen LogP) is 4.39. The normalized spacial score (nSPS) is 14.0. The lowest BCUT2D eigenvalue weighted by molar-refractivity contribution is 0.0625. The maximum atomic E-state index is 12.9. The molecule has 0 unspecified atom stereocenters. The summed E-state index contributed by atoms with van der Waals surface area (Å²) < 4.78 is 5.30. The summed E-state index contributed by atoms with van der Waals surface area (Å²) in [6.45, 7) is 3.75. The number of amides is 1. The van der Waals surface area contributed by atoms with Crippen LogP contribution in [0.1, 0.15) is 15.9 Å². The first-order chi connectivity index (χ1) is 12.5. The molecule has 0 atom stereocenters. The molecule has 1 amide bonds. The van der Waals surface area contributed by atoms with E-state index < -0.39 is 0 Å². The van der Waals surface area contributed by atoms with Gasteiger partial charge in [0, 0.05) is 43.8 Å². The van der Waals surface area contributed by atoms with Crippen molar-refractivity contribution in [2.24, 2.45) is 0 Å². The molecule has 0 aliphatic carbocycles. The molecular weight excluding hydrogens is 444 g/mol. The van der Waals surface area contributed by atoms with Crippen LogP contribution in [0.15, 0.2) is 36.4 Å². The van der Waals surface area contributed by atoms with Crippen molar-refractivity contribution in [3.05, 3.63) is 57.6 Å². The Balaban J connectivity index is 0.00000196. The highest BCUT2D eigenvalue weighted by Gasteiger charge is 2.25. The van der Waals surface area contributed by atoms with Crippen molar-refractivity contribution in [2.75, 3.05) is 39.0 Å². The van der Waals surface area contributed by atoms with Crippen LogP contribution < -0.4 is 10.5 Å². The number of halogens is 4. The molecule has 1 saturated heterocycles. The Morgan fingerprint density at radius 3 is 2.25 bits per heavy atom. The van der Waals surface area contributed by atoms with Crippen LogP contribution in [0.25, 0.3) is 0 Å². The van der Waals surface area contributed by atoms with Gasteiger partial charge < -0.3 is 15.4 Å². The van der Waals surface area contributed by atoms with Crippen LogP contribution in [0.5, 0.6) is 5.75 Å². The number of hydrogen-bond donors (Lipinski definition) is 1. The first kappa shape index (κ1) is 24.7. The van der Waals surface area contributed by atoms with Crippen molar-refractivity contribution in [1.82, 2.24) is 9.80 Å². The van der Waals surface area contributed by atoms with Crippen molar-refractivity contribution < 1.29 is 9.53 Å². The van der Waals surface area contributed by atoms with E-state index in [0.29, 0.717) is 35.1 Å². The lowest BCUT2D eigenvalue weighted by atomic mass is 10.1. The van der Waals surface area contributed by atoms with Gasteiger partial charge in [0.1, 0.15) is 5.75 Å². The Kier molecular flexibility index (Phi) is 9.67. The van der Waals surface area contributed by atoms with Gasteiger partial charge in [-0.3, -0.25) is 9.69 Å². The van der Waals surface area contributed by atoms with E-state index in [9.17, 15) is 4.79 Å². The van der Waals surface area contributed by atoms with Gasteiger partial charge in [0.05, 0.1) is 23.4 Å². The van der Waals surface area contributed by atoms with Crippen molar-refractivity contribution >= 4 is 59.6 Å². The lowest BCUT2D eigenvalue weighted by Crippen LogP contribution is -2.48. The van der Waals surface area contributed by atoms with E-state index in [4.69, 9.17) is 33.7 Å². The number of ether oxygens (including phenoxy) is 1. The molecule has 1 aliphatic heterocycles. The average molecular weight is 467 g/mol. The fourth-order valence-electron chi connectivity index (χ4n) is 3.03. The topological polar surface area (TPSA) is 58.8 Å². The smallest absolute Gasteiger partial charge is 0.257 e. The summed E-state index contributed by atoms with van der Waals surface area (Å²) in [6.07, 6.45) is 0. The van der Waals surface area contributed by atoms with E-state index in [1.165, 1.54) is 12.7 Å². The molecule has 28 heavy (non-hydrogen) atoms. The number of piperazine rings is 1. The number of nitrogens with two attached hydrogens (primary N) is 1. The summed E-state index contributed by atoms with van der Waals surface area (Å²) in [5.74, 6) is 0.357. The van der Waals surface area contributed by atoms with E-state index in [1.807, 2.05) is 29.2 Å². The zero-order valence-corrected chi connectivity index (χ0v) is 18.5. The van der Waals surface area contributed by atoms with Gasteiger partial charge in [-0.1, -0.05) is 35.3 Å². The Labute approximate surface area is 187 Å². The molecule has 0 saturated carbocycles. The third kappa shape index (κ3) is 5.82. The Morgan fingerprint density at radius 1 is 1.07 bits per heavy atom. The van der Waals surface area contributed by atoms with E-state index in [0.717, 1.165) is 24.7 Å². The molecule has 0 spiro atoms. The Hall–Kier alpha value is -1.37. The molecule has 1 fully saturated rings. The molecule has 0 aromatic heterocycles. The van der Waals surface area contributed by atoms with Gasteiger partial charge in [-0.05, 0) is 23.8 Å². The average Bonchev–Trinajstić information content (AvgIpc) is 2.65. The zero-order chi connectivity index (χ0) is 18.7. The molecular formula is C19H23Cl4N3O2. The highest BCUT2D eigenvalue weighted by atomic mass is 35.5. The number of anilines is 1. The highest BCUT2D eigenvalue weighted by molar-refractivity contribution is 6.33. The summed E-state index contributed by atoms with van der Waals surface area (Å²) in [4.78, 5) is 17.0. The van der Waals surface area contributed by atoms with E-state index >= 15 is 0 Å². The number of rotatable bonds is 4. The lowest BCUT2D eigenvalue weighted by Gasteiger charge is -2.35. The Morgan fingerprint density at radius 2 is 1.68 bits per heavy atom. The van der Waals surface area contributed by atoms with Crippen LogP contribution in [-0.4, -0.2) is 49.0 Å². The van der Waals surface area contributed by atoms with Crippen LogP contribution >= 0.6 is 48.0 Å². The summed E-state index contributed by atoms with van der Waals surface area (Å²) in [5, 5.41) is 1.09. The second-order valence-corrected chi connectivity index (χ2v) is 7.11. The van der Waals surface area contributed by atoms with Gasteiger partial charge in [-0.2, -0.15) is 0 Å². The molecule has 5 nitrogen and oxygen atoms in total. The molecule has 154 valence electrons. The van der Waals surface area contributed by atoms with Crippen molar-refractivity contribution in [3.63, 3.8) is 0 Å². The summed E-state index contributed by atoms with van der Waals surface area (Å²) in [5.41, 5.74) is 7.84. The van der Waals surface area contributed by atoms with Gasteiger partial charge in [-0.15, -0.1) is 24.8 Å². The fourth-order valence-corrected chi connectivity index (χ4v) is 3.32. The van der Waals surface area contributed by atoms with Gasteiger partial charge in [0.25, 0.3) is 5.91 Å². The number of carbonyl (C=O) groups is 1. The number of nitrogens with zero attached hydrogens (tertiary/aromatic N) is 2. The molecule has 2 aromatic rings. The maximum absolute atomic E-state index is 12.9. The minimum Gasteiger partial charge on any atom is -0.496 e. The summed E-state index contributed by atoms with van der Waals surface area (Å²) in [6, 6.07) is 11.0. The van der Waals surface area contributed by atoms with Crippen molar-refractivity contribution in [1.29, 1.82) is 0 Å². The molecule has 2 N–H and O–H groups in total. The number of hydrogen-bond acceptors (Lipinski definition) is 4. The second-order valence-electron chi connectivity index (χ2n) is 6.27. The number of methoxy groups -OCH3 is 1. The minimum absolute atomic E-state index is 0. The first-order valence-electron chi connectivity index (χ1n) is 8.37. The zero-order valence-electron chi connectivity index (χ0n) is 15.4. The third-order valence-corrected chi connectivity index (χ3v) is 5.11. The predicted molar refractivity (Wildman–Crippen MR) is 120 cm³/mol. The van der Waals surface area contributed by atoms with Crippen molar-refractivity contribution in [2.45, 2.75) is 6.54 Å². The Bertz CT molecular complexity index is 795. The molecule has 1 aliphatic rings. The van der Waals surface area contributed by atoms with Crippen LogP contribution in [0, 0.1) is 0 Å². The number of nitrogen functional groups attached to an aromatic ring is 1. The molecule has 2 aromatic carbocycles. The van der Waals surface area contributed by atoms with Crippen LogP contribution in [0.4, 0.5) is 5.69 Å². The van der Waals surface area contributed by atoms with Crippen LogP contribution in [0.2, 0.25) is 10.0 Å². The SMILES string of the molecule is COc1cc(N)c(Cl)cc1C(=O)N1CCN(Cc2ccc(Cl)cc2)CC1.Cl.Cl. The first-order valence-corrected chi connectivity index (χ1v) is 9.12. The monoisotopic (exact) mass is 465 g/mol. The molecule has 0 bridgehead atoms. The largest absolute Gasteiger partial charge is 0.496 e. The number of benzene rings is 2. The van der Waals surface area contributed by atoms with E-state index in [-0.39, 0.29) is 30.7 Å². The van der Waals surface area contributed by atoms with E-state index in [1.54, 1.807) is 12.1 Å². The summed E-state index contributed by atoms with van der Waals surface area (Å²) >= 11 is 12.0. The standard InChI is InChI=1S/C19H21Cl2N3O2.2ClH/c1-26-18-11-17(22)16(21)10-15(18)19(25)24-8-6-23(7-9-24)12-13-2-4-14(20)5-3-13;;/h2-5,10-11H,6-9,12,22H2,1H3;2*1H. The van der Waals surface area contributed by atoms with Crippen LogP contribution in [-0.2, 0) is 6.54 Å². The molecule has 9 heteroatoms. The summed E-state index contributed by atoms with van der Waals surface area (Å²) in [7, 11) is 1.52. The molecule has 0 radical (unpaired) electrons. The second kappa shape index (κ2) is 11.0. The van der Waals surface area contributed by atoms with E-state index in [2.05, 4.69) is 4.90 Å². The fraction of sp³-hybridized carbons (Fsp3) is 0.316. The van der Waals surface area contributed by atoms with Gasteiger partial charge in [0.15, 0.2) is 0 Å². The molecule has 3 rings (SSSR count). The third-order valence-electron chi connectivity index (χ3n) is 4.53. The quantitative estimate of drug-likeness (QED) is 0.679. The highest BCUT2D eigenvalue weighted by Crippen LogP contribution is 2.30. The minimum atomic E-state index is -0.0881. The van der Waals surface area contributed by atoms with Gasteiger partial charge in [-0.25, -0.2) is 0 Å². The molecule has 1 heterocycles. The van der Waals surface area contributed by atoms with Crippen LogP contribution in [0.3, 0.4) is 0 Å². The van der Waals surface area contributed by atoms with Crippen molar-refractivity contribution in [3.8, 4) is 5.75 Å².